The first-order valence-electron chi connectivity index (χ1n) is 11.1. The van der Waals surface area contributed by atoms with Crippen molar-refractivity contribution >= 4 is 45.8 Å². The van der Waals surface area contributed by atoms with Crippen molar-refractivity contribution in [3.8, 4) is 0 Å². The zero-order valence-corrected chi connectivity index (χ0v) is 19.4. The number of fused-ring (bicyclic) bond motifs is 1. The second kappa shape index (κ2) is 9.60. The van der Waals surface area contributed by atoms with Gasteiger partial charge in [-0.2, -0.15) is 10.1 Å². The van der Waals surface area contributed by atoms with Gasteiger partial charge in [-0.1, -0.05) is 36.4 Å². The zero-order valence-electron chi connectivity index (χ0n) is 19.4. The van der Waals surface area contributed by atoms with E-state index in [1.807, 2.05) is 71.4 Å². The molecule has 35 heavy (non-hydrogen) atoms. The summed E-state index contributed by atoms with van der Waals surface area (Å²) in [5.41, 5.74) is 4.63. The van der Waals surface area contributed by atoms with Gasteiger partial charge >= 0.3 is 0 Å². The number of anilines is 5. The number of hydrogen-bond donors (Lipinski definition) is 2. The van der Waals surface area contributed by atoms with E-state index in [-0.39, 0.29) is 5.91 Å². The third-order valence-corrected chi connectivity index (χ3v) is 5.49. The molecular weight excluding hydrogens is 440 g/mol. The molecule has 3 aromatic carbocycles. The van der Waals surface area contributed by atoms with Crippen LogP contribution in [-0.4, -0.2) is 37.7 Å². The monoisotopic (exact) mass is 464 g/mol. The van der Waals surface area contributed by atoms with E-state index >= 15 is 0 Å². The first-order chi connectivity index (χ1) is 17.0. The van der Waals surface area contributed by atoms with Crippen LogP contribution in [0.25, 0.3) is 10.9 Å². The quantitative estimate of drug-likeness (QED) is 0.359. The van der Waals surface area contributed by atoms with Gasteiger partial charge in [-0.15, -0.1) is 0 Å². The summed E-state index contributed by atoms with van der Waals surface area (Å²) < 4.78 is 1.99. The van der Waals surface area contributed by atoms with Gasteiger partial charge in [0.15, 0.2) is 0 Å². The maximum absolute atomic E-state index is 11.3. The van der Waals surface area contributed by atoms with Gasteiger partial charge in [0.2, 0.25) is 17.8 Å². The maximum atomic E-state index is 11.3. The number of hydrogen-bond acceptors (Lipinski definition) is 7. The van der Waals surface area contributed by atoms with E-state index < -0.39 is 0 Å². The van der Waals surface area contributed by atoms with Crippen molar-refractivity contribution in [1.29, 1.82) is 0 Å². The topological polar surface area (TPSA) is 101 Å². The average Bonchev–Trinajstić information content (AvgIpc) is 3.26. The van der Waals surface area contributed by atoms with Crippen LogP contribution in [0.15, 0.2) is 85.3 Å². The van der Waals surface area contributed by atoms with Crippen molar-refractivity contribution in [3.63, 3.8) is 0 Å². The highest BCUT2D eigenvalue weighted by atomic mass is 16.1. The van der Waals surface area contributed by atoms with E-state index in [9.17, 15) is 4.79 Å². The van der Waals surface area contributed by atoms with Gasteiger partial charge in [-0.25, -0.2) is 9.97 Å². The van der Waals surface area contributed by atoms with Crippen LogP contribution >= 0.6 is 0 Å². The fourth-order valence-corrected chi connectivity index (χ4v) is 3.80. The van der Waals surface area contributed by atoms with Crippen LogP contribution in [-0.2, 0) is 11.3 Å². The number of carbonyl (C=O) groups excluding carboxylic acids is 1. The Labute approximate surface area is 202 Å². The molecule has 0 atom stereocenters. The smallest absolute Gasteiger partial charge is 0.234 e. The molecular formula is C26H24N8O. The first kappa shape index (κ1) is 22.0. The SMILES string of the molecule is CC(=O)Nc1cccc(Nc2ncnc(N(C)c3ccc4c(cnn4Cc4ccccc4)c3)n2)c1. The summed E-state index contributed by atoms with van der Waals surface area (Å²) >= 11 is 0. The first-order valence-corrected chi connectivity index (χ1v) is 11.1. The van der Waals surface area contributed by atoms with Crippen molar-refractivity contribution in [2.75, 3.05) is 22.6 Å². The third kappa shape index (κ3) is 5.09. The normalized spacial score (nSPS) is 10.8. The molecule has 0 aliphatic carbocycles. The highest BCUT2D eigenvalue weighted by Crippen LogP contribution is 2.26. The number of aromatic nitrogens is 5. The number of carbonyl (C=O) groups is 1. The molecule has 0 saturated heterocycles. The van der Waals surface area contributed by atoms with Crippen molar-refractivity contribution < 1.29 is 4.79 Å². The Hall–Kier alpha value is -4.79. The van der Waals surface area contributed by atoms with E-state index in [2.05, 4.69) is 54.9 Å². The molecule has 0 unspecified atom stereocenters. The van der Waals surface area contributed by atoms with Gasteiger partial charge in [0.1, 0.15) is 6.33 Å². The molecule has 5 rings (SSSR count). The Kier molecular flexibility index (Phi) is 6.04. The molecule has 2 N–H and O–H groups in total. The number of nitrogens with one attached hydrogen (secondary N) is 2. The van der Waals surface area contributed by atoms with Crippen LogP contribution in [0.5, 0.6) is 0 Å². The summed E-state index contributed by atoms with van der Waals surface area (Å²) in [6.07, 6.45) is 3.34. The maximum Gasteiger partial charge on any atom is 0.234 e. The van der Waals surface area contributed by atoms with E-state index in [1.165, 1.54) is 18.8 Å². The summed E-state index contributed by atoms with van der Waals surface area (Å²) in [6.45, 7) is 2.19. The second-order valence-electron chi connectivity index (χ2n) is 8.09. The Morgan fingerprint density at radius 1 is 0.971 bits per heavy atom. The molecule has 5 aromatic rings. The minimum Gasteiger partial charge on any atom is -0.326 e. The van der Waals surface area contributed by atoms with Gasteiger partial charge in [-0.05, 0) is 42.0 Å². The molecule has 0 radical (unpaired) electrons. The predicted octanol–water partition coefficient (Wildman–Crippen LogP) is 4.74. The van der Waals surface area contributed by atoms with Crippen molar-refractivity contribution in [2.45, 2.75) is 13.5 Å². The number of amides is 1. The van der Waals surface area contributed by atoms with Crippen LogP contribution in [0.1, 0.15) is 12.5 Å². The molecule has 9 nitrogen and oxygen atoms in total. The third-order valence-electron chi connectivity index (χ3n) is 5.49. The van der Waals surface area contributed by atoms with E-state index in [0.717, 1.165) is 22.3 Å². The van der Waals surface area contributed by atoms with Crippen LogP contribution in [0, 0.1) is 0 Å². The van der Waals surface area contributed by atoms with Crippen LogP contribution in [0.2, 0.25) is 0 Å². The van der Waals surface area contributed by atoms with Crippen LogP contribution in [0.3, 0.4) is 0 Å². The Bertz CT molecular complexity index is 1480. The standard InChI is InChI=1S/C26H24N8O/c1-18(35)30-21-9-6-10-22(14-21)31-25-27-17-28-26(32-25)33(2)23-11-12-24-20(13-23)15-29-34(24)16-19-7-4-3-5-8-19/h3-15,17H,16H2,1-2H3,(H,30,35)(H,27,28,31,32). The second-order valence-corrected chi connectivity index (χ2v) is 8.09. The van der Waals surface area contributed by atoms with Gasteiger partial charge in [0.05, 0.1) is 18.3 Å². The lowest BCUT2D eigenvalue weighted by Gasteiger charge is -2.18. The van der Waals surface area contributed by atoms with E-state index in [4.69, 9.17) is 0 Å². The van der Waals surface area contributed by atoms with Gasteiger partial charge in [0, 0.05) is 36.4 Å². The lowest BCUT2D eigenvalue weighted by Crippen LogP contribution is -2.14. The van der Waals surface area contributed by atoms with Crippen LogP contribution in [0.4, 0.5) is 29.0 Å². The summed E-state index contributed by atoms with van der Waals surface area (Å²) in [6, 6.07) is 23.8. The largest absolute Gasteiger partial charge is 0.326 e. The minimum atomic E-state index is -0.131. The van der Waals surface area contributed by atoms with E-state index in [1.54, 1.807) is 0 Å². The van der Waals surface area contributed by atoms with Crippen molar-refractivity contribution in [2.24, 2.45) is 0 Å². The molecule has 174 valence electrons. The highest BCUT2D eigenvalue weighted by Gasteiger charge is 2.12. The number of nitrogens with zero attached hydrogens (tertiary/aromatic N) is 6. The highest BCUT2D eigenvalue weighted by molar-refractivity contribution is 5.89. The van der Waals surface area contributed by atoms with Gasteiger partial charge < -0.3 is 15.5 Å². The summed E-state index contributed by atoms with van der Waals surface area (Å²) in [5, 5.41) is 11.5. The molecule has 0 aliphatic rings. The molecule has 0 fully saturated rings. The Morgan fingerprint density at radius 2 is 1.80 bits per heavy atom. The molecule has 0 spiro atoms. The van der Waals surface area contributed by atoms with Crippen molar-refractivity contribution in [3.05, 3.63) is 90.9 Å². The molecule has 0 saturated carbocycles. The molecule has 2 heterocycles. The molecule has 2 aromatic heterocycles. The minimum absolute atomic E-state index is 0.131. The van der Waals surface area contributed by atoms with E-state index in [0.29, 0.717) is 24.1 Å². The fourth-order valence-electron chi connectivity index (χ4n) is 3.80. The lowest BCUT2D eigenvalue weighted by atomic mass is 10.2. The zero-order chi connectivity index (χ0) is 24.2. The number of benzene rings is 3. The summed E-state index contributed by atoms with van der Waals surface area (Å²) in [4.78, 5) is 26.4. The van der Waals surface area contributed by atoms with Crippen molar-refractivity contribution in [1.82, 2.24) is 24.7 Å². The summed E-state index contributed by atoms with van der Waals surface area (Å²) in [5.74, 6) is 0.768. The molecule has 0 bridgehead atoms. The molecule has 1 amide bonds. The van der Waals surface area contributed by atoms with Gasteiger partial charge in [-0.3, -0.25) is 9.48 Å². The summed E-state index contributed by atoms with van der Waals surface area (Å²) in [7, 11) is 1.91. The lowest BCUT2D eigenvalue weighted by molar-refractivity contribution is -0.114. The molecule has 9 heteroatoms. The predicted molar refractivity (Wildman–Crippen MR) is 137 cm³/mol. The number of rotatable bonds is 7. The Morgan fingerprint density at radius 3 is 2.63 bits per heavy atom. The molecule has 0 aliphatic heterocycles. The fraction of sp³-hybridized carbons (Fsp3) is 0.115. The average molecular weight is 465 g/mol. The Balaban J connectivity index is 1.35. The van der Waals surface area contributed by atoms with Gasteiger partial charge in [0.25, 0.3) is 0 Å². The van der Waals surface area contributed by atoms with Crippen LogP contribution < -0.4 is 15.5 Å².